The fraction of sp³-hybridized carbons (Fsp3) is 0.515. The second-order valence-corrected chi connectivity index (χ2v) is 12.8. The maximum absolute atomic E-state index is 13.9. The number of aliphatic hydroxyl groups is 1. The summed E-state index contributed by atoms with van der Waals surface area (Å²) in [7, 11) is 2.03. The molecule has 1 saturated heterocycles. The van der Waals surface area contributed by atoms with E-state index in [1.165, 1.54) is 37.3 Å². The van der Waals surface area contributed by atoms with E-state index in [1.807, 2.05) is 27.0 Å². The van der Waals surface area contributed by atoms with Crippen molar-refractivity contribution < 1.29 is 42.1 Å². The Bertz CT molecular complexity index is 1510. The lowest BCUT2D eigenvalue weighted by Gasteiger charge is -2.64. The standard InChI is InChI=1S/C33H37F3N2O6/c1-19(2)18-38(27(40)11-8-21-6-5-7-23(16-21)44-33(34,35)36)24-12-13-32(41)26-17-22-9-10-25(42-20(3)39)29-28(22)31(32,30(24)43-29)14-15-37(26)4/h5-11,16,19,24,26,30,41H,12-15,17-18H2,1-4H3/b11-8+/t24?,26-,30?,31+,32-/m1/s1. The summed E-state index contributed by atoms with van der Waals surface area (Å²) in [5.41, 5.74) is 0.381. The first-order valence-corrected chi connectivity index (χ1v) is 15.0. The van der Waals surface area contributed by atoms with Crippen molar-refractivity contribution in [3.63, 3.8) is 0 Å². The van der Waals surface area contributed by atoms with Crippen LogP contribution in [0.2, 0.25) is 0 Å². The highest BCUT2D eigenvalue weighted by Gasteiger charge is 2.73. The van der Waals surface area contributed by atoms with Crippen LogP contribution in [0.25, 0.3) is 6.08 Å². The Morgan fingerprint density at radius 2 is 2.00 bits per heavy atom. The topological polar surface area (TPSA) is 88.5 Å². The number of likely N-dealkylation sites (N-methyl/N-ethyl adjacent to an activating group) is 1. The number of benzene rings is 2. The van der Waals surface area contributed by atoms with Gasteiger partial charge in [0.2, 0.25) is 5.91 Å². The van der Waals surface area contributed by atoms with E-state index in [2.05, 4.69) is 9.64 Å². The molecule has 1 amide bonds. The van der Waals surface area contributed by atoms with Gasteiger partial charge in [-0.15, -0.1) is 13.2 Å². The normalized spacial score (nSPS) is 28.9. The minimum atomic E-state index is -4.82. The lowest BCUT2D eigenvalue weighted by Crippen LogP contribution is -2.78. The largest absolute Gasteiger partial charge is 0.573 e. The van der Waals surface area contributed by atoms with Crippen LogP contribution < -0.4 is 14.2 Å². The molecule has 2 heterocycles. The highest BCUT2D eigenvalue weighted by atomic mass is 19.4. The van der Waals surface area contributed by atoms with E-state index in [9.17, 15) is 27.9 Å². The van der Waals surface area contributed by atoms with Crippen LogP contribution in [0.3, 0.4) is 0 Å². The Balaban J connectivity index is 1.38. The monoisotopic (exact) mass is 614 g/mol. The number of piperidine rings is 1. The minimum absolute atomic E-state index is 0.0988. The molecule has 44 heavy (non-hydrogen) atoms. The number of esters is 1. The number of hydrogen-bond acceptors (Lipinski definition) is 7. The average molecular weight is 615 g/mol. The smallest absolute Gasteiger partial charge is 0.483 e. The van der Waals surface area contributed by atoms with Gasteiger partial charge in [-0.1, -0.05) is 32.0 Å². The van der Waals surface area contributed by atoms with Crippen molar-refractivity contribution in [3.8, 4) is 17.2 Å². The molecule has 2 aromatic rings. The van der Waals surface area contributed by atoms with Gasteiger partial charge in [0.05, 0.1) is 17.1 Å². The molecular weight excluding hydrogens is 577 g/mol. The Hall–Kier alpha value is -3.57. The summed E-state index contributed by atoms with van der Waals surface area (Å²) >= 11 is 0. The molecule has 8 nitrogen and oxygen atoms in total. The zero-order chi connectivity index (χ0) is 31.6. The summed E-state index contributed by atoms with van der Waals surface area (Å²) in [4.78, 5) is 29.9. The molecule has 5 atom stereocenters. The van der Waals surface area contributed by atoms with Gasteiger partial charge in [-0.2, -0.15) is 0 Å². The second kappa shape index (κ2) is 10.8. The van der Waals surface area contributed by atoms with Gasteiger partial charge >= 0.3 is 12.3 Å². The second-order valence-electron chi connectivity index (χ2n) is 12.8. The molecule has 236 valence electrons. The number of carbonyl (C=O) groups is 2. The van der Waals surface area contributed by atoms with Crippen LogP contribution in [0.1, 0.15) is 56.7 Å². The summed E-state index contributed by atoms with van der Waals surface area (Å²) in [6.45, 7) is 6.48. The molecular formula is C33H37F3N2O6. The van der Waals surface area contributed by atoms with Crippen LogP contribution in [-0.2, 0) is 21.4 Å². The van der Waals surface area contributed by atoms with Crippen molar-refractivity contribution in [2.45, 2.75) is 82.0 Å². The maximum Gasteiger partial charge on any atom is 0.573 e. The van der Waals surface area contributed by atoms with E-state index >= 15 is 0 Å². The number of nitrogens with zero attached hydrogens (tertiary/aromatic N) is 2. The van der Waals surface area contributed by atoms with Crippen LogP contribution in [0, 0.1) is 5.92 Å². The number of amides is 1. The van der Waals surface area contributed by atoms with E-state index in [0.29, 0.717) is 49.3 Å². The van der Waals surface area contributed by atoms with Crippen molar-refractivity contribution in [1.82, 2.24) is 9.80 Å². The first kappa shape index (κ1) is 30.5. The molecule has 0 radical (unpaired) electrons. The van der Waals surface area contributed by atoms with E-state index in [4.69, 9.17) is 9.47 Å². The molecule has 11 heteroatoms. The first-order chi connectivity index (χ1) is 20.7. The summed E-state index contributed by atoms with van der Waals surface area (Å²) < 4.78 is 54.6. The Kier molecular flexibility index (Phi) is 7.48. The molecule has 2 fully saturated rings. The number of likely N-dealkylation sites (tertiary alicyclic amines) is 1. The average Bonchev–Trinajstić information content (AvgIpc) is 3.28. The van der Waals surface area contributed by atoms with Gasteiger partial charge in [0.15, 0.2) is 11.5 Å². The van der Waals surface area contributed by atoms with Crippen molar-refractivity contribution >= 4 is 18.0 Å². The lowest BCUT2D eigenvalue weighted by atomic mass is 9.48. The zero-order valence-corrected chi connectivity index (χ0v) is 25.2. The highest BCUT2D eigenvalue weighted by molar-refractivity contribution is 5.92. The molecule has 1 saturated carbocycles. The van der Waals surface area contributed by atoms with E-state index in [1.54, 1.807) is 17.0 Å². The molecule has 6 rings (SSSR count). The van der Waals surface area contributed by atoms with E-state index in [-0.39, 0.29) is 23.6 Å². The molecule has 2 aromatic carbocycles. The Labute approximate surface area is 254 Å². The van der Waals surface area contributed by atoms with Gasteiger partial charge in [-0.3, -0.25) is 9.59 Å². The third-order valence-electron chi connectivity index (χ3n) is 9.69. The number of ether oxygens (including phenoxy) is 3. The van der Waals surface area contributed by atoms with Crippen molar-refractivity contribution in [1.29, 1.82) is 0 Å². The number of hydrogen-bond donors (Lipinski definition) is 1. The summed E-state index contributed by atoms with van der Waals surface area (Å²) in [5, 5.41) is 12.6. The molecule has 2 aliphatic heterocycles. The molecule has 1 N–H and O–H groups in total. The van der Waals surface area contributed by atoms with E-state index < -0.39 is 35.5 Å². The Morgan fingerprint density at radius 1 is 1.23 bits per heavy atom. The zero-order valence-electron chi connectivity index (χ0n) is 25.2. The fourth-order valence-electron chi connectivity index (χ4n) is 8.13. The predicted octanol–water partition coefficient (Wildman–Crippen LogP) is 4.86. The third-order valence-corrected chi connectivity index (χ3v) is 9.69. The molecule has 2 unspecified atom stereocenters. The highest BCUT2D eigenvalue weighted by Crippen LogP contribution is 2.65. The van der Waals surface area contributed by atoms with Crippen molar-refractivity contribution in [2.75, 3.05) is 20.1 Å². The summed E-state index contributed by atoms with van der Waals surface area (Å²) in [6, 6.07) is 8.59. The molecule has 4 aliphatic rings. The predicted molar refractivity (Wildman–Crippen MR) is 155 cm³/mol. The fourth-order valence-corrected chi connectivity index (χ4v) is 8.13. The number of alkyl halides is 3. The maximum atomic E-state index is 13.9. The Morgan fingerprint density at radius 3 is 2.70 bits per heavy atom. The van der Waals surface area contributed by atoms with Gasteiger partial charge in [-0.25, -0.2) is 0 Å². The van der Waals surface area contributed by atoms with Gasteiger partial charge in [0.25, 0.3) is 0 Å². The molecule has 2 aliphatic carbocycles. The third kappa shape index (κ3) is 4.94. The van der Waals surface area contributed by atoms with Gasteiger partial charge in [0.1, 0.15) is 11.9 Å². The minimum Gasteiger partial charge on any atom is -0.483 e. The summed E-state index contributed by atoms with van der Waals surface area (Å²) in [6.07, 6.45) is -0.406. The first-order valence-electron chi connectivity index (χ1n) is 15.0. The van der Waals surface area contributed by atoms with Gasteiger partial charge in [-0.05, 0) is 80.6 Å². The van der Waals surface area contributed by atoms with Crippen molar-refractivity contribution in [3.05, 3.63) is 59.2 Å². The van der Waals surface area contributed by atoms with Crippen LogP contribution in [0.5, 0.6) is 17.2 Å². The molecule has 2 bridgehead atoms. The van der Waals surface area contributed by atoms with Crippen molar-refractivity contribution in [2.24, 2.45) is 5.92 Å². The quantitative estimate of drug-likeness (QED) is 0.271. The number of rotatable bonds is 7. The van der Waals surface area contributed by atoms with Gasteiger partial charge < -0.3 is 29.1 Å². The van der Waals surface area contributed by atoms with E-state index in [0.717, 1.165) is 17.7 Å². The number of halogens is 3. The van der Waals surface area contributed by atoms with Crippen LogP contribution in [-0.4, -0.2) is 77.1 Å². The lowest BCUT2D eigenvalue weighted by molar-refractivity contribution is -0.274. The van der Waals surface area contributed by atoms with Gasteiger partial charge in [0, 0.05) is 31.1 Å². The van der Waals surface area contributed by atoms with Crippen LogP contribution in [0.4, 0.5) is 13.2 Å². The van der Waals surface area contributed by atoms with Crippen LogP contribution in [0.15, 0.2) is 42.5 Å². The van der Waals surface area contributed by atoms with Crippen LogP contribution >= 0.6 is 0 Å². The number of carbonyl (C=O) groups excluding carboxylic acids is 2. The SMILES string of the molecule is CC(=O)Oc1ccc2c3c1OC1C(N(CC(C)C)C(=O)/C=C/c4cccc(OC(F)(F)F)c4)CC[C@@]4(O)[C@@H](C2)N(C)CC[C@]314. The molecule has 1 spiro atoms. The molecule has 0 aromatic heterocycles. The summed E-state index contributed by atoms with van der Waals surface area (Å²) in [5.74, 6) is -0.296.